The Labute approximate surface area is 114 Å². The van der Waals surface area contributed by atoms with Crippen molar-refractivity contribution in [3.05, 3.63) is 0 Å². The number of amides is 2. The first-order valence-electron chi connectivity index (χ1n) is 6.45. The molecule has 1 fully saturated rings. The average Bonchev–Trinajstić information content (AvgIpc) is 2.67. The zero-order chi connectivity index (χ0) is 14.8. The molecule has 110 valence electrons. The van der Waals surface area contributed by atoms with Crippen molar-refractivity contribution < 1.29 is 19.2 Å². The maximum atomic E-state index is 12.1. The zero-order valence-corrected chi connectivity index (χ0v) is 12.6. The molecule has 0 aliphatic carbocycles. The minimum atomic E-state index is -0.522. The highest BCUT2D eigenvalue weighted by atomic mass is 16.7. The van der Waals surface area contributed by atoms with Crippen molar-refractivity contribution in [1.82, 2.24) is 9.96 Å². The van der Waals surface area contributed by atoms with Gasteiger partial charge in [0.15, 0.2) is 0 Å². The highest BCUT2D eigenvalue weighted by Gasteiger charge is 2.39. The molecule has 19 heavy (non-hydrogen) atoms. The van der Waals surface area contributed by atoms with Crippen molar-refractivity contribution >= 4 is 12.0 Å². The fourth-order valence-electron chi connectivity index (χ4n) is 2.09. The summed E-state index contributed by atoms with van der Waals surface area (Å²) in [6.07, 6.45) is -0.366. The largest absolute Gasteiger partial charge is 0.444 e. The van der Waals surface area contributed by atoms with Gasteiger partial charge in [-0.1, -0.05) is 6.92 Å². The predicted molar refractivity (Wildman–Crippen MR) is 70.2 cm³/mol. The molecule has 6 nitrogen and oxygen atoms in total. The molecule has 1 saturated heterocycles. The van der Waals surface area contributed by atoms with Crippen molar-refractivity contribution in [2.75, 3.05) is 27.2 Å². The lowest BCUT2D eigenvalue weighted by Crippen LogP contribution is -2.38. The fourth-order valence-corrected chi connectivity index (χ4v) is 2.09. The van der Waals surface area contributed by atoms with Crippen LogP contribution in [0.3, 0.4) is 0 Å². The number of hydrogen-bond donors (Lipinski definition) is 0. The lowest BCUT2D eigenvalue weighted by molar-refractivity contribution is -0.174. The summed E-state index contributed by atoms with van der Waals surface area (Å²) >= 11 is 0. The molecule has 0 radical (unpaired) electrons. The first-order chi connectivity index (χ1) is 8.65. The van der Waals surface area contributed by atoms with Crippen molar-refractivity contribution in [1.29, 1.82) is 0 Å². The van der Waals surface area contributed by atoms with Gasteiger partial charge in [-0.05, 0) is 26.7 Å². The molecule has 0 saturated carbocycles. The molecule has 1 rings (SSSR count). The Bertz CT molecular complexity index is 351. The molecular formula is C13H24N2O4. The van der Waals surface area contributed by atoms with Crippen molar-refractivity contribution in [2.24, 2.45) is 11.8 Å². The summed E-state index contributed by atoms with van der Waals surface area (Å²) in [7, 11) is 3.02. The van der Waals surface area contributed by atoms with Crippen LogP contribution in [0.5, 0.6) is 0 Å². The van der Waals surface area contributed by atoms with Gasteiger partial charge >= 0.3 is 6.09 Å². The minimum Gasteiger partial charge on any atom is -0.444 e. The van der Waals surface area contributed by atoms with E-state index in [2.05, 4.69) is 0 Å². The van der Waals surface area contributed by atoms with Gasteiger partial charge < -0.3 is 9.64 Å². The van der Waals surface area contributed by atoms with Crippen LogP contribution in [0.2, 0.25) is 0 Å². The molecule has 0 bridgehead atoms. The Hall–Kier alpha value is -1.30. The summed E-state index contributed by atoms with van der Waals surface area (Å²) < 4.78 is 5.32. The summed E-state index contributed by atoms with van der Waals surface area (Å²) in [4.78, 5) is 30.5. The van der Waals surface area contributed by atoms with Crippen LogP contribution < -0.4 is 0 Å². The predicted octanol–water partition coefficient (Wildman–Crippen LogP) is 1.51. The molecule has 0 N–H and O–H groups in total. The van der Waals surface area contributed by atoms with Gasteiger partial charge in [0, 0.05) is 20.1 Å². The van der Waals surface area contributed by atoms with Gasteiger partial charge in [-0.25, -0.2) is 9.86 Å². The third kappa shape index (κ3) is 4.09. The molecule has 6 heteroatoms. The van der Waals surface area contributed by atoms with Crippen LogP contribution in [0.25, 0.3) is 0 Å². The highest BCUT2D eigenvalue weighted by molar-refractivity contribution is 5.80. The first kappa shape index (κ1) is 15.8. The number of likely N-dealkylation sites (tertiary alicyclic amines) is 1. The molecule has 2 atom stereocenters. The molecule has 1 heterocycles. The van der Waals surface area contributed by atoms with Crippen LogP contribution in [-0.4, -0.2) is 54.8 Å². The van der Waals surface area contributed by atoms with Crippen LogP contribution in [0.4, 0.5) is 4.79 Å². The Kier molecular flexibility index (Phi) is 4.79. The number of hydrogen-bond acceptors (Lipinski definition) is 4. The standard InChI is InChI=1S/C13H24N2O4/c1-9-7-15(12(17)19-13(2,3)4)8-10(9)11(16)14(5)18-6/h9-10H,7-8H2,1-6H3/t9-,10-/m1/s1. The van der Waals surface area contributed by atoms with E-state index in [-0.39, 0.29) is 23.8 Å². The maximum Gasteiger partial charge on any atom is 0.410 e. The molecule has 1 aliphatic rings. The van der Waals surface area contributed by atoms with Crippen LogP contribution in [-0.2, 0) is 14.4 Å². The number of nitrogens with zero attached hydrogens (tertiary/aromatic N) is 2. The van der Waals surface area contributed by atoms with Crippen molar-refractivity contribution in [2.45, 2.75) is 33.3 Å². The number of carbonyl (C=O) groups excluding carboxylic acids is 2. The van der Waals surface area contributed by atoms with Crippen molar-refractivity contribution in [3.8, 4) is 0 Å². The van der Waals surface area contributed by atoms with Crippen molar-refractivity contribution in [3.63, 3.8) is 0 Å². The smallest absolute Gasteiger partial charge is 0.410 e. The maximum absolute atomic E-state index is 12.1. The Morgan fingerprint density at radius 3 is 2.32 bits per heavy atom. The number of rotatable bonds is 2. The monoisotopic (exact) mass is 272 g/mol. The number of hydroxylamine groups is 2. The molecule has 2 amide bonds. The van der Waals surface area contributed by atoms with E-state index in [1.165, 1.54) is 12.2 Å². The molecule has 0 aromatic carbocycles. The number of carbonyl (C=O) groups is 2. The SMILES string of the molecule is CON(C)C(=O)[C@@H]1CN(C(=O)OC(C)(C)C)C[C@H]1C. The molecule has 0 aromatic heterocycles. The fraction of sp³-hybridized carbons (Fsp3) is 0.846. The normalized spacial score (nSPS) is 23.4. The molecule has 0 unspecified atom stereocenters. The van der Waals surface area contributed by atoms with E-state index in [9.17, 15) is 9.59 Å². The topological polar surface area (TPSA) is 59.1 Å². The number of ether oxygens (including phenoxy) is 1. The molecule has 0 aromatic rings. The molecule has 1 aliphatic heterocycles. The summed E-state index contributed by atoms with van der Waals surface area (Å²) in [6, 6.07) is 0. The van der Waals surface area contributed by atoms with Gasteiger partial charge in [0.1, 0.15) is 5.60 Å². The summed E-state index contributed by atoms with van der Waals surface area (Å²) in [5.41, 5.74) is -0.522. The van der Waals surface area contributed by atoms with Crippen LogP contribution in [0.1, 0.15) is 27.7 Å². The third-order valence-electron chi connectivity index (χ3n) is 3.17. The van der Waals surface area contributed by atoms with Gasteiger partial charge in [0.25, 0.3) is 5.91 Å². The van der Waals surface area contributed by atoms with Gasteiger partial charge in [-0.2, -0.15) is 0 Å². The second-order valence-corrected chi connectivity index (χ2v) is 5.99. The Morgan fingerprint density at radius 2 is 1.84 bits per heavy atom. The third-order valence-corrected chi connectivity index (χ3v) is 3.17. The second-order valence-electron chi connectivity index (χ2n) is 5.99. The van der Waals surface area contributed by atoms with E-state index < -0.39 is 5.60 Å². The quantitative estimate of drug-likeness (QED) is 0.715. The second kappa shape index (κ2) is 5.77. The first-order valence-corrected chi connectivity index (χ1v) is 6.45. The molecular weight excluding hydrogens is 248 g/mol. The highest BCUT2D eigenvalue weighted by Crippen LogP contribution is 2.26. The van der Waals surface area contributed by atoms with E-state index in [1.807, 2.05) is 27.7 Å². The lowest BCUT2D eigenvalue weighted by atomic mass is 9.97. The van der Waals surface area contributed by atoms with E-state index in [0.29, 0.717) is 13.1 Å². The van der Waals surface area contributed by atoms with Crippen LogP contribution in [0, 0.1) is 11.8 Å². The molecule has 0 spiro atoms. The van der Waals surface area contributed by atoms with E-state index >= 15 is 0 Å². The summed E-state index contributed by atoms with van der Waals surface area (Å²) in [6.45, 7) is 8.34. The zero-order valence-electron chi connectivity index (χ0n) is 12.6. The van der Waals surface area contributed by atoms with Gasteiger partial charge in [0.05, 0.1) is 13.0 Å². The van der Waals surface area contributed by atoms with Gasteiger partial charge in [0.2, 0.25) is 0 Å². The average molecular weight is 272 g/mol. The van der Waals surface area contributed by atoms with Gasteiger partial charge in [-0.3, -0.25) is 9.63 Å². The Morgan fingerprint density at radius 1 is 1.26 bits per heavy atom. The Balaban J connectivity index is 2.64. The van der Waals surface area contributed by atoms with E-state index in [4.69, 9.17) is 9.57 Å². The lowest BCUT2D eigenvalue weighted by Gasteiger charge is -2.24. The van der Waals surface area contributed by atoms with E-state index in [0.717, 1.165) is 0 Å². The summed E-state index contributed by atoms with van der Waals surface area (Å²) in [5.74, 6) is -0.254. The summed E-state index contributed by atoms with van der Waals surface area (Å²) in [5, 5.41) is 1.21. The van der Waals surface area contributed by atoms with Crippen LogP contribution in [0.15, 0.2) is 0 Å². The van der Waals surface area contributed by atoms with E-state index in [1.54, 1.807) is 11.9 Å². The van der Waals surface area contributed by atoms with Crippen LogP contribution >= 0.6 is 0 Å². The van der Waals surface area contributed by atoms with Gasteiger partial charge in [-0.15, -0.1) is 0 Å². The minimum absolute atomic E-state index is 0.0950.